The molecule has 0 aromatic heterocycles. The minimum absolute atomic E-state index is 0.418. The van der Waals surface area contributed by atoms with Crippen molar-refractivity contribution in [1.82, 2.24) is 0 Å². The van der Waals surface area contributed by atoms with Gasteiger partial charge in [0, 0.05) is 12.0 Å². The Morgan fingerprint density at radius 2 is 2.38 bits per heavy atom. The largest absolute Gasteiger partial charge is 0.493 e. The van der Waals surface area contributed by atoms with E-state index in [4.69, 9.17) is 9.47 Å². The predicted molar refractivity (Wildman–Crippen MR) is 48.1 cm³/mol. The molecule has 0 saturated heterocycles. The third kappa shape index (κ3) is 1.35. The van der Waals surface area contributed by atoms with Crippen molar-refractivity contribution in [2.24, 2.45) is 0 Å². The Morgan fingerprint density at radius 3 is 3.15 bits per heavy atom. The topological polar surface area (TPSA) is 38.7 Å². The molecule has 0 radical (unpaired) electrons. The highest BCUT2D eigenvalue weighted by Crippen LogP contribution is 2.38. The van der Waals surface area contributed by atoms with E-state index in [9.17, 15) is 5.11 Å². The Hall–Kier alpha value is -1.22. The number of rotatable bonds is 1. The van der Waals surface area contributed by atoms with Gasteiger partial charge in [-0.15, -0.1) is 0 Å². The molecule has 2 rings (SSSR count). The van der Waals surface area contributed by atoms with Crippen molar-refractivity contribution in [1.29, 1.82) is 0 Å². The number of methoxy groups -OCH3 is 1. The Morgan fingerprint density at radius 1 is 1.54 bits per heavy atom. The van der Waals surface area contributed by atoms with Gasteiger partial charge in [-0.05, 0) is 6.07 Å². The van der Waals surface area contributed by atoms with E-state index in [1.54, 1.807) is 7.11 Å². The molecule has 1 aromatic carbocycles. The number of fused-ring (bicyclic) bond motifs is 1. The van der Waals surface area contributed by atoms with E-state index in [-0.39, 0.29) is 0 Å². The third-order valence-electron chi connectivity index (χ3n) is 2.23. The summed E-state index contributed by atoms with van der Waals surface area (Å²) >= 11 is 0. The summed E-state index contributed by atoms with van der Waals surface area (Å²) in [5, 5.41) is 9.65. The van der Waals surface area contributed by atoms with E-state index < -0.39 is 6.10 Å². The maximum absolute atomic E-state index is 9.65. The first kappa shape index (κ1) is 8.38. The molecule has 70 valence electrons. The van der Waals surface area contributed by atoms with E-state index in [0.717, 1.165) is 5.56 Å². The Bertz CT molecular complexity index is 309. The molecule has 1 aliphatic heterocycles. The highest BCUT2D eigenvalue weighted by Gasteiger charge is 2.21. The molecule has 3 heteroatoms. The number of hydrogen-bond acceptors (Lipinski definition) is 3. The zero-order valence-corrected chi connectivity index (χ0v) is 7.49. The van der Waals surface area contributed by atoms with Crippen molar-refractivity contribution in [3.63, 3.8) is 0 Å². The van der Waals surface area contributed by atoms with Crippen LogP contribution in [0.15, 0.2) is 18.2 Å². The van der Waals surface area contributed by atoms with E-state index >= 15 is 0 Å². The summed E-state index contributed by atoms with van der Waals surface area (Å²) < 4.78 is 10.6. The summed E-state index contributed by atoms with van der Waals surface area (Å²) in [7, 11) is 1.60. The number of aliphatic hydroxyl groups is 1. The van der Waals surface area contributed by atoms with Crippen molar-refractivity contribution in [2.45, 2.75) is 12.5 Å². The normalized spacial score (nSPS) is 20.3. The van der Waals surface area contributed by atoms with Crippen LogP contribution in [0.4, 0.5) is 0 Å². The average molecular weight is 180 g/mol. The lowest BCUT2D eigenvalue weighted by molar-refractivity contribution is 0.113. The van der Waals surface area contributed by atoms with Crippen molar-refractivity contribution < 1.29 is 14.6 Å². The van der Waals surface area contributed by atoms with Crippen LogP contribution >= 0.6 is 0 Å². The summed E-state index contributed by atoms with van der Waals surface area (Å²) in [6, 6.07) is 5.55. The quantitative estimate of drug-likeness (QED) is 0.712. The molecular weight excluding hydrogens is 168 g/mol. The van der Waals surface area contributed by atoms with Gasteiger partial charge in [0.1, 0.15) is 0 Å². The smallest absolute Gasteiger partial charge is 0.166 e. The Labute approximate surface area is 76.9 Å². The van der Waals surface area contributed by atoms with Crippen molar-refractivity contribution in [3.8, 4) is 11.5 Å². The van der Waals surface area contributed by atoms with E-state index in [1.165, 1.54) is 0 Å². The fourth-order valence-corrected chi connectivity index (χ4v) is 1.54. The summed E-state index contributed by atoms with van der Waals surface area (Å²) in [5.41, 5.74) is 0.825. The second-order valence-electron chi connectivity index (χ2n) is 3.03. The van der Waals surface area contributed by atoms with Gasteiger partial charge >= 0.3 is 0 Å². The maximum atomic E-state index is 9.65. The van der Waals surface area contributed by atoms with E-state index in [0.29, 0.717) is 24.5 Å². The van der Waals surface area contributed by atoms with Gasteiger partial charge in [0.2, 0.25) is 0 Å². The van der Waals surface area contributed by atoms with E-state index in [2.05, 4.69) is 0 Å². The van der Waals surface area contributed by atoms with Gasteiger partial charge in [-0.2, -0.15) is 0 Å². The SMILES string of the molecule is COc1cccc2c1OCC[C@H]2O. The number of ether oxygens (including phenoxy) is 2. The molecule has 0 fully saturated rings. The van der Waals surface area contributed by atoms with Gasteiger partial charge in [0.05, 0.1) is 19.8 Å². The predicted octanol–water partition coefficient (Wildman–Crippen LogP) is 1.51. The van der Waals surface area contributed by atoms with Gasteiger partial charge in [0.15, 0.2) is 11.5 Å². The fraction of sp³-hybridized carbons (Fsp3) is 0.400. The maximum Gasteiger partial charge on any atom is 0.166 e. The first-order valence-corrected chi connectivity index (χ1v) is 4.30. The molecule has 3 nitrogen and oxygen atoms in total. The number of benzene rings is 1. The van der Waals surface area contributed by atoms with Crippen LogP contribution in [0.3, 0.4) is 0 Å². The second kappa shape index (κ2) is 3.26. The molecule has 1 atom stereocenters. The molecule has 0 spiro atoms. The van der Waals surface area contributed by atoms with Crippen LogP contribution in [-0.2, 0) is 0 Å². The zero-order valence-electron chi connectivity index (χ0n) is 7.49. The summed E-state index contributed by atoms with van der Waals surface area (Å²) in [4.78, 5) is 0. The highest BCUT2D eigenvalue weighted by atomic mass is 16.5. The number of aliphatic hydroxyl groups excluding tert-OH is 1. The standard InChI is InChI=1S/C10H12O3/c1-12-9-4-2-3-7-8(11)5-6-13-10(7)9/h2-4,8,11H,5-6H2,1H3/t8-/m1/s1. The second-order valence-corrected chi connectivity index (χ2v) is 3.03. The van der Waals surface area contributed by atoms with Crippen LogP contribution in [0.5, 0.6) is 11.5 Å². The third-order valence-corrected chi connectivity index (χ3v) is 2.23. The average Bonchev–Trinajstić information content (AvgIpc) is 2.18. The van der Waals surface area contributed by atoms with E-state index in [1.807, 2.05) is 18.2 Å². The lowest BCUT2D eigenvalue weighted by Crippen LogP contribution is -2.14. The molecule has 0 saturated carbocycles. The lowest BCUT2D eigenvalue weighted by atomic mass is 10.0. The molecule has 1 N–H and O–H groups in total. The number of hydrogen-bond donors (Lipinski definition) is 1. The molecule has 1 heterocycles. The monoisotopic (exact) mass is 180 g/mol. The molecule has 0 amide bonds. The molecule has 1 aliphatic rings. The van der Waals surface area contributed by atoms with Crippen LogP contribution in [0.1, 0.15) is 18.1 Å². The number of para-hydroxylation sites is 1. The first-order chi connectivity index (χ1) is 6.33. The first-order valence-electron chi connectivity index (χ1n) is 4.30. The van der Waals surface area contributed by atoms with Crippen molar-refractivity contribution in [3.05, 3.63) is 23.8 Å². The van der Waals surface area contributed by atoms with Crippen LogP contribution in [0, 0.1) is 0 Å². The van der Waals surface area contributed by atoms with Gasteiger partial charge < -0.3 is 14.6 Å². The van der Waals surface area contributed by atoms with Crippen LogP contribution in [-0.4, -0.2) is 18.8 Å². The van der Waals surface area contributed by atoms with Crippen molar-refractivity contribution >= 4 is 0 Å². The minimum atomic E-state index is -0.418. The van der Waals surface area contributed by atoms with Crippen LogP contribution in [0.2, 0.25) is 0 Å². The van der Waals surface area contributed by atoms with Crippen LogP contribution < -0.4 is 9.47 Å². The van der Waals surface area contributed by atoms with Gasteiger partial charge in [-0.1, -0.05) is 12.1 Å². The summed E-state index contributed by atoms with van der Waals surface area (Å²) in [6.07, 6.45) is 0.235. The Kier molecular flexibility index (Phi) is 2.10. The van der Waals surface area contributed by atoms with Gasteiger partial charge in [0.25, 0.3) is 0 Å². The summed E-state index contributed by atoms with van der Waals surface area (Å²) in [5.74, 6) is 1.38. The van der Waals surface area contributed by atoms with Gasteiger partial charge in [-0.25, -0.2) is 0 Å². The minimum Gasteiger partial charge on any atom is -0.493 e. The fourth-order valence-electron chi connectivity index (χ4n) is 1.54. The van der Waals surface area contributed by atoms with Gasteiger partial charge in [-0.3, -0.25) is 0 Å². The molecule has 0 aliphatic carbocycles. The Balaban J connectivity index is 2.48. The summed E-state index contributed by atoms with van der Waals surface area (Å²) in [6.45, 7) is 0.550. The molecule has 0 bridgehead atoms. The lowest BCUT2D eigenvalue weighted by Gasteiger charge is -2.23. The zero-order chi connectivity index (χ0) is 9.26. The van der Waals surface area contributed by atoms with Crippen molar-refractivity contribution in [2.75, 3.05) is 13.7 Å². The molecule has 13 heavy (non-hydrogen) atoms. The molecule has 0 unspecified atom stereocenters. The molecule has 1 aromatic rings. The van der Waals surface area contributed by atoms with Crippen LogP contribution in [0.25, 0.3) is 0 Å². The molecular formula is C10H12O3. The highest BCUT2D eigenvalue weighted by molar-refractivity contribution is 5.48.